The molecule has 0 unspecified atom stereocenters. The van der Waals surface area contributed by atoms with Gasteiger partial charge in [-0.25, -0.2) is 0 Å². The Balaban J connectivity index is 2.60. The number of ether oxygens (including phenoxy) is 1. The van der Waals surface area contributed by atoms with Gasteiger partial charge < -0.3 is 10.5 Å². The zero-order valence-electron chi connectivity index (χ0n) is 6.66. The van der Waals surface area contributed by atoms with Crippen molar-refractivity contribution in [1.82, 2.24) is 0 Å². The number of benzene rings is 1. The van der Waals surface area contributed by atoms with Crippen molar-refractivity contribution in [1.29, 1.82) is 5.26 Å². The summed E-state index contributed by atoms with van der Waals surface area (Å²) in [4.78, 5) is 0. The molecule has 0 amide bonds. The molecule has 1 aromatic carbocycles. The van der Waals surface area contributed by atoms with Crippen molar-refractivity contribution in [3.05, 3.63) is 29.8 Å². The number of nitrogens with two attached hydrogens (primary N) is 1. The molecule has 0 aliphatic rings. The summed E-state index contributed by atoms with van der Waals surface area (Å²) in [5.41, 5.74) is 6.46. The van der Waals surface area contributed by atoms with E-state index in [0.29, 0.717) is 12.3 Å². The van der Waals surface area contributed by atoms with Gasteiger partial charge in [0.25, 0.3) is 0 Å². The van der Waals surface area contributed by atoms with Gasteiger partial charge in [-0.2, -0.15) is 5.26 Å². The van der Waals surface area contributed by atoms with Crippen LogP contribution in [0.4, 0.5) is 0 Å². The van der Waals surface area contributed by atoms with Crippen LogP contribution >= 0.6 is 0 Å². The van der Waals surface area contributed by atoms with E-state index in [4.69, 9.17) is 15.7 Å². The van der Waals surface area contributed by atoms with E-state index in [0.717, 1.165) is 5.56 Å². The molecule has 0 saturated heterocycles. The summed E-state index contributed by atoms with van der Waals surface area (Å²) in [6.07, 6.45) is 0. The molecule has 3 heteroatoms. The SMILES string of the molecule is N#CCOc1ccc(CN)cc1. The van der Waals surface area contributed by atoms with Crippen molar-refractivity contribution >= 4 is 0 Å². The van der Waals surface area contributed by atoms with Gasteiger partial charge in [0.05, 0.1) is 0 Å². The van der Waals surface area contributed by atoms with Crippen LogP contribution in [0.15, 0.2) is 24.3 Å². The second kappa shape index (κ2) is 4.37. The van der Waals surface area contributed by atoms with E-state index in [1.807, 2.05) is 18.2 Å². The van der Waals surface area contributed by atoms with E-state index in [2.05, 4.69) is 0 Å². The van der Waals surface area contributed by atoms with Crippen molar-refractivity contribution in [3.63, 3.8) is 0 Å². The number of hydrogen-bond acceptors (Lipinski definition) is 3. The van der Waals surface area contributed by atoms with Gasteiger partial charge in [-0.1, -0.05) is 12.1 Å². The number of nitrogens with zero attached hydrogens (tertiary/aromatic N) is 1. The molecule has 0 aliphatic carbocycles. The van der Waals surface area contributed by atoms with E-state index >= 15 is 0 Å². The molecule has 1 rings (SSSR count). The fourth-order valence-corrected chi connectivity index (χ4v) is 0.837. The molecular weight excluding hydrogens is 152 g/mol. The fraction of sp³-hybridized carbons (Fsp3) is 0.222. The van der Waals surface area contributed by atoms with Gasteiger partial charge in [0.1, 0.15) is 11.8 Å². The van der Waals surface area contributed by atoms with Crippen LogP contribution in [0, 0.1) is 11.3 Å². The quantitative estimate of drug-likeness (QED) is 0.722. The maximum atomic E-state index is 8.23. The molecule has 62 valence electrons. The molecule has 3 nitrogen and oxygen atoms in total. The average Bonchev–Trinajstić information content (AvgIpc) is 2.15. The standard InChI is InChI=1S/C9H10N2O/c10-5-6-12-9-3-1-8(7-11)2-4-9/h1-4H,6-7,11H2. The van der Waals surface area contributed by atoms with Gasteiger partial charge >= 0.3 is 0 Å². The Morgan fingerprint density at radius 1 is 1.33 bits per heavy atom. The highest BCUT2D eigenvalue weighted by molar-refractivity contribution is 5.27. The first-order valence-electron chi connectivity index (χ1n) is 3.65. The second-order valence-corrected chi connectivity index (χ2v) is 2.29. The summed E-state index contributed by atoms with van der Waals surface area (Å²) in [7, 11) is 0. The van der Waals surface area contributed by atoms with Gasteiger partial charge in [-0.15, -0.1) is 0 Å². The maximum Gasteiger partial charge on any atom is 0.174 e. The molecule has 0 atom stereocenters. The first kappa shape index (κ1) is 8.57. The lowest BCUT2D eigenvalue weighted by Gasteiger charge is -2.01. The molecule has 0 bridgehead atoms. The third-order valence-corrected chi connectivity index (χ3v) is 1.46. The van der Waals surface area contributed by atoms with Crippen LogP contribution in [0.3, 0.4) is 0 Å². The predicted molar refractivity (Wildman–Crippen MR) is 45.4 cm³/mol. The highest BCUT2D eigenvalue weighted by Crippen LogP contribution is 2.11. The Hall–Kier alpha value is -1.53. The summed E-state index contributed by atoms with van der Waals surface area (Å²) in [5, 5.41) is 8.23. The van der Waals surface area contributed by atoms with Crippen molar-refractivity contribution in [2.24, 2.45) is 5.73 Å². The molecule has 0 aromatic heterocycles. The Kier molecular flexibility index (Phi) is 3.12. The largest absolute Gasteiger partial charge is 0.479 e. The molecule has 0 saturated carbocycles. The van der Waals surface area contributed by atoms with E-state index in [9.17, 15) is 0 Å². The van der Waals surface area contributed by atoms with Crippen molar-refractivity contribution in [2.75, 3.05) is 6.61 Å². The Labute approximate surface area is 71.4 Å². The number of rotatable bonds is 3. The van der Waals surface area contributed by atoms with Gasteiger partial charge in [0.2, 0.25) is 0 Å². The maximum absolute atomic E-state index is 8.23. The molecule has 0 aliphatic heterocycles. The van der Waals surface area contributed by atoms with Crippen LogP contribution in [0.5, 0.6) is 5.75 Å². The molecule has 12 heavy (non-hydrogen) atoms. The molecule has 0 radical (unpaired) electrons. The first-order chi connectivity index (χ1) is 5.86. The van der Waals surface area contributed by atoms with E-state index in [1.165, 1.54) is 0 Å². The Morgan fingerprint density at radius 3 is 2.50 bits per heavy atom. The topological polar surface area (TPSA) is 59.0 Å². The molecular formula is C9H10N2O. The van der Waals surface area contributed by atoms with E-state index in [-0.39, 0.29) is 6.61 Å². The normalized spacial score (nSPS) is 9.00. The fourth-order valence-electron chi connectivity index (χ4n) is 0.837. The lowest BCUT2D eigenvalue weighted by molar-refractivity contribution is 0.368. The first-order valence-corrected chi connectivity index (χ1v) is 3.65. The number of hydrogen-bond donors (Lipinski definition) is 1. The van der Waals surface area contributed by atoms with E-state index < -0.39 is 0 Å². The van der Waals surface area contributed by atoms with Gasteiger partial charge in [0.15, 0.2) is 6.61 Å². The predicted octanol–water partition coefficient (Wildman–Crippen LogP) is 1.05. The second-order valence-electron chi connectivity index (χ2n) is 2.29. The average molecular weight is 162 g/mol. The van der Waals surface area contributed by atoms with Crippen LogP contribution in [0.2, 0.25) is 0 Å². The summed E-state index contributed by atoms with van der Waals surface area (Å²) in [5.74, 6) is 0.703. The molecule has 0 spiro atoms. The van der Waals surface area contributed by atoms with Crippen LogP contribution in [-0.4, -0.2) is 6.61 Å². The minimum atomic E-state index is 0.0853. The minimum Gasteiger partial charge on any atom is -0.479 e. The molecule has 1 aromatic rings. The highest BCUT2D eigenvalue weighted by Gasteiger charge is 1.92. The van der Waals surface area contributed by atoms with Crippen molar-refractivity contribution in [2.45, 2.75) is 6.54 Å². The van der Waals surface area contributed by atoms with Crippen molar-refractivity contribution in [3.8, 4) is 11.8 Å². The van der Waals surface area contributed by atoms with Crippen LogP contribution in [0.25, 0.3) is 0 Å². The Morgan fingerprint density at radius 2 is 2.00 bits per heavy atom. The van der Waals surface area contributed by atoms with Gasteiger partial charge in [-0.05, 0) is 17.7 Å². The minimum absolute atomic E-state index is 0.0853. The van der Waals surface area contributed by atoms with Gasteiger partial charge in [-0.3, -0.25) is 0 Å². The summed E-state index contributed by atoms with van der Waals surface area (Å²) < 4.78 is 5.05. The lowest BCUT2D eigenvalue weighted by atomic mass is 10.2. The Bertz CT molecular complexity index is 274. The van der Waals surface area contributed by atoms with Crippen LogP contribution < -0.4 is 10.5 Å². The highest BCUT2D eigenvalue weighted by atomic mass is 16.5. The van der Waals surface area contributed by atoms with Crippen molar-refractivity contribution < 1.29 is 4.74 Å². The van der Waals surface area contributed by atoms with Crippen LogP contribution in [0.1, 0.15) is 5.56 Å². The summed E-state index contributed by atoms with van der Waals surface area (Å²) in [6, 6.07) is 9.27. The van der Waals surface area contributed by atoms with E-state index in [1.54, 1.807) is 12.1 Å². The molecule has 2 N–H and O–H groups in total. The molecule has 0 fully saturated rings. The van der Waals surface area contributed by atoms with Crippen LogP contribution in [-0.2, 0) is 6.54 Å². The smallest absolute Gasteiger partial charge is 0.174 e. The molecule has 0 heterocycles. The number of nitriles is 1. The lowest BCUT2D eigenvalue weighted by Crippen LogP contribution is -1.97. The zero-order valence-corrected chi connectivity index (χ0v) is 6.66. The third kappa shape index (κ3) is 2.26. The summed E-state index contributed by atoms with van der Waals surface area (Å²) in [6.45, 7) is 0.612. The summed E-state index contributed by atoms with van der Waals surface area (Å²) >= 11 is 0. The van der Waals surface area contributed by atoms with Gasteiger partial charge in [0, 0.05) is 6.54 Å². The monoisotopic (exact) mass is 162 g/mol. The third-order valence-electron chi connectivity index (χ3n) is 1.46. The zero-order chi connectivity index (χ0) is 8.81.